The lowest BCUT2D eigenvalue weighted by atomic mass is 10.0. The Bertz CT molecular complexity index is 590. The first-order chi connectivity index (χ1) is 8.45. The zero-order valence-electron chi connectivity index (χ0n) is 10.3. The van der Waals surface area contributed by atoms with Crippen molar-refractivity contribution in [2.24, 2.45) is 0 Å². The second-order valence-corrected chi connectivity index (χ2v) is 4.49. The highest BCUT2D eigenvalue weighted by molar-refractivity contribution is 6.44. The third-order valence-electron chi connectivity index (χ3n) is 2.95. The second-order valence-electron chi connectivity index (χ2n) is 4.12. The molecule has 1 N–H and O–H groups in total. The summed E-state index contributed by atoms with van der Waals surface area (Å²) in [5.41, 5.74) is 3.34. The maximum absolute atomic E-state index is 12.1. The Balaban J connectivity index is 2.51. The molecule has 1 heterocycles. The molecule has 0 saturated heterocycles. The number of nitrogens with one attached hydrogen (secondary N) is 1. The third-order valence-corrected chi connectivity index (χ3v) is 3.29. The van der Waals surface area contributed by atoms with Crippen molar-refractivity contribution >= 4 is 29.0 Å². The summed E-state index contributed by atoms with van der Waals surface area (Å²) in [6, 6.07) is 3.64. The molecule has 0 aromatic heterocycles. The average molecular weight is 266 g/mol. The number of anilines is 1. The van der Waals surface area contributed by atoms with Gasteiger partial charge in [0.2, 0.25) is 5.78 Å². The van der Waals surface area contributed by atoms with Crippen LogP contribution in [-0.4, -0.2) is 18.9 Å². The summed E-state index contributed by atoms with van der Waals surface area (Å²) in [6.07, 6.45) is 0. The van der Waals surface area contributed by atoms with E-state index in [4.69, 9.17) is 11.6 Å². The van der Waals surface area contributed by atoms with Crippen LogP contribution in [0.1, 0.15) is 21.5 Å². The number of hydrogen-bond donors (Lipinski definition) is 1. The number of halogens is 1. The number of benzene rings is 1. The Morgan fingerprint density at radius 1 is 1.28 bits per heavy atom. The van der Waals surface area contributed by atoms with E-state index in [0.29, 0.717) is 11.3 Å². The molecular formula is C13H12ClNO3. The van der Waals surface area contributed by atoms with Crippen LogP contribution in [0.3, 0.4) is 0 Å². The van der Waals surface area contributed by atoms with E-state index in [-0.39, 0.29) is 16.5 Å². The summed E-state index contributed by atoms with van der Waals surface area (Å²) in [5.74, 6) is -1.02. The summed E-state index contributed by atoms with van der Waals surface area (Å²) in [6.45, 7) is 3.87. The van der Waals surface area contributed by atoms with Crippen molar-refractivity contribution in [3.63, 3.8) is 0 Å². The SMILES string of the molecule is COC(=O)C(Cl)=C1Nc2cc(C)c(C)cc2C1=O. The molecule has 2 rings (SSSR count). The lowest BCUT2D eigenvalue weighted by molar-refractivity contribution is -0.135. The maximum Gasteiger partial charge on any atom is 0.351 e. The molecule has 5 heteroatoms. The van der Waals surface area contributed by atoms with Crippen molar-refractivity contribution in [1.29, 1.82) is 0 Å². The van der Waals surface area contributed by atoms with Crippen molar-refractivity contribution in [1.82, 2.24) is 0 Å². The predicted octanol–water partition coefficient (Wildman–Crippen LogP) is 2.54. The number of Topliss-reactive ketones (excluding diaryl/α,β-unsaturated/α-hetero) is 1. The highest BCUT2D eigenvalue weighted by Crippen LogP contribution is 2.32. The van der Waals surface area contributed by atoms with Crippen molar-refractivity contribution in [2.75, 3.05) is 12.4 Å². The number of hydrogen-bond acceptors (Lipinski definition) is 4. The molecule has 1 aromatic carbocycles. The monoisotopic (exact) mass is 265 g/mol. The molecule has 0 unspecified atom stereocenters. The number of ether oxygens (including phenoxy) is 1. The zero-order valence-corrected chi connectivity index (χ0v) is 11.0. The van der Waals surface area contributed by atoms with Gasteiger partial charge in [0.25, 0.3) is 0 Å². The lowest BCUT2D eigenvalue weighted by Crippen LogP contribution is -2.10. The zero-order chi connectivity index (χ0) is 13.4. The number of methoxy groups -OCH3 is 1. The smallest absolute Gasteiger partial charge is 0.351 e. The van der Waals surface area contributed by atoms with Gasteiger partial charge in [-0.25, -0.2) is 4.79 Å². The fourth-order valence-corrected chi connectivity index (χ4v) is 1.99. The van der Waals surface area contributed by atoms with E-state index in [1.54, 1.807) is 6.07 Å². The van der Waals surface area contributed by atoms with Crippen molar-refractivity contribution in [3.8, 4) is 0 Å². The van der Waals surface area contributed by atoms with Crippen LogP contribution in [0.2, 0.25) is 0 Å². The first kappa shape index (κ1) is 12.6. The van der Waals surface area contributed by atoms with Crippen LogP contribution in [0.25, 0.3) is 0 Å². The molecule has 1 aromatic rings. The van der Waals surface area contributed by atoms with E-state index < -0.39 is 5.97 Å². The van der Waals surface area contributed by atoms with Gasteiger partial charge < -0.3 is 10.1 Å². The van der Waals surface area contributed by atoms with Gasteiger partial charge in [-0.3, -0.25) is 4.79 Å². The van der Waals surface area contributed by atoms with Gasteiger partial charge in [0.1, 0.15) is 5.70 Å². The number of esters is 1. The van der Waals surface area contributed by atoms with Gasteiger partial charge in [0, 0.05) is 5.56 Å². The highest BCUT2D eigenvalue weighted by atomic mass is 35.5. The highest BCUT2D eigenvalue weighted by Gasteiger charge is 2.30. The van der Waals surface area contributed by atoms with Crippen molar-refractivity contribution < 1.29 is 14.3 Å². The molecule has 0 radical (unpaired) electrons. The Morgan fingerprint density at radius 2 is 1.89 bits per heavy atom. The van der Waals surface area contributed by atoms with E-state index in [0.717, 1.165) is 11.1 Å². The predicted molar refractivity (Wildman–Crippen MR) is 68.8 cm³/mol. The van der Waals surface area contributed by atoms with Gasteiger partial charge in [0.15, 0.2) is 5.03 Å². The molecule has 0 spiro atoms. The van der Waals surface area contributed by atoms with E-state index in [1.165, 1.54) is 7.11 Å². The minimum Gasteiger partial charge on any atom is -0.465 e. The van der Waals surface area contributed by atoms with Gasteiger partial charge in [-0.15, -0.1) is 0 Å². The fraction of sp³-hybridized carbons (Fsp3) is 0.231. The summed E-state index contributed by atoms with van der Waals surface area (Å²) < 4.78 is 4.50. The lowest BCUT2D eigenvalue weighted by Gasteiger charge is -2.03. The van der Waals surface area contributed by atoms with Gasteiger partial charge >= 0.3 is 5.97 Å². The molecule has 0 atom stereocenters. The normalized spacial score (nSPS) is 16.1. The van der Waals surface area contributed by atoms with Crippen LogP contribution in [0.15, 0.2) is 22.9 Å². The quantitative estimate of drug-likeness (QED) is 0.626. The van der Waals surface area contributed by atoms with Crippen LogP contribution in [0, 0.1) is 13.8 Å². The average Bonchev–Trinajstić information content (AvgIpc) is 2.66. The van der Waals surface area contributed by atoms with Crippen LogP contribution in [-0.2, 0) is 9.53 Å². The van der Waals surface area contributed by atoms with E-state index in [1.807, 2.05) is 19.9 Å². The van der Waals surface area contributed by atoms with Crippen LogP contribution >= 0.6 is 11.6 Å². The minimum atomic E-state index is -0.728. The largest absolute Gasteiger partial charge is 0.465 e. The number of carbonyl (C=O) groups excluding carboxylic acids is 2. The van der Waals surface area contributed by atoms with Gasteiger partial charge in [-0.05, 0) is 37.1 Å². The molecule has 0 aliphatic carbocycles. The molecular weight excluding hydrogens is 254 g/mol. The molecule has 0 fully saturated rings. The fourth-order valence-electron chi connectivity index (χ4n) is 1.78. The number of ketones is 1. The van der Waals surface area contributed by atoms with Gasteiger partial charge in [-0.2, -0.15) is 0 Å². The topological polar surface area (TPSA) is 55.4 Å². The summed E-state index contributed by atoms with van der Waals surface area (Å²) in [4.78, 5) is 23.4. The number of rotatable bonds is 1. The Hall–Kier alpha value is -1.81. The first-order valence-electron chi connectivity index (χ1n) is 5.36. The molecule has 0 bridgehead atoms. The second kappa shape index (κ2) is 4.46. The molecule has 1 aliphatic heterocycles. The minimum absolute atomic E-state index is 0.0727. The summed E-state index contributed by atoms with van der Waals surface area (Å²) in [7, 11) is 1.21. The maximum atomic E-state index is 12.1. The van der Waals surface area contributed by atoms with Crippen LogP contribution in [0.4, 0.5) is 5.69 Å². The summed E-state index contributed by atoms with van der Waals surface area (Å²) >= 11 is 5.82. The van der Waals surface area contributed by atoms with Crippen molar-refractivity contribution in [2.45, 2.75) is 13.8 Å². The number of allylic oxidation sites excluding steroid dienone is 1. The van der Waals surface area contributed by atoms with Crippen LogP contribution in [0.5, 0.6) is 0 Å². The van der Waals surface area contributed by atoms with Crippen LogP contribution < -0.4 is 5.32 Å². The number of carbonyl (C=O) groups is 2. The first-order valence-corrected chi connectivity index (χ1v) is 5.74. The van der Waals surface area contributed by atoms with Crippen molar-refractivity contribution in [3.05, 3.63) is 39.6 Å². The van der Waals surface area contributed by atoms with E-state index >= 15 is 0 Å². The van der Waals surface area contributed by atoms with Gasteiger partial charge in [-0.1, -0.05) is 11.6 Å². The van der Waals surface area contributed by atoms with E-state index in [9.17, 15) is 9.59 Å². The molecule has 1 aliphatic rings. The van der Waals surface area contributed by atoms with Gasteiger partial charge in [0.05, 0.1) is 12.8 Å². The molecule has 94 valence electrons. The number of aryl methyl sites for hydroxylation is 2. The molecule has 18 heavy (non-hydrogen) atoms. The Labute approximate surface area is 110 Å². The number of fused-ring (bicyclic) bond motifs is 1. The standard InChI is InChI=1S/C13H12ClNO3/c1-6-4-8-9(5-7(6)2)15-11(12(8)16)10(14)13(17)18-3/h4-5,15H,1-3H3. The molecule has 0 saturated carbocycles. The third kappa shape index (κ3) is 1.88. The van der Waals surface area contributed by atoms with E-state index in [2.05, 4.69) is 10.1 Å². The summed E-state index contributed by atoms with van der Waals surface area (Å²) in [5, 5.41) is 2.64. The molecule has 4 nitrogen and oxygen atoms in total. The molecule has 0 amide bonds. The Morgan fingerprint density at radius 3 is 2.50 bits per heavy atom. The Kier molecular flexibility index (Phi) is 3.13.